The topological polar surface area (TPSA) is 107 Å². The molecule has 0 spiro atoms. The van der Waals surface area contributed by atoms with Crippen molar-refractivity contribution < 1.29 is 17.9 Å². The summed E-state index contributed by atoms with van der Waals surface area (Å²) >= 11 is 0. The number of benzene rings is 1. The fourth-order valence-corrected chi connectivity index (χ4v) is 4.88. The van der Waals surface area contributed by atoms with E-state index < -0.39 is 11.9 Å². The molecule has 1 N–H and O–H groups in total. The summed E-state index contributed by atoms with van der Waals surface area (Å²) in [4.78, 5) is 23.0. The zero-order valence-electron chi connectivity index (χ0n) is 21.5. The Morgan fingerprint density at radius 2 is 1.82 bits per heavy atom. The summed E-state index contributed by atoms with van der Waals surface area (Å²) in [5.74, 6) is 2.05. The maximum atomic E-state index is 13.5. The maximum Gasteiger partial charge on any atom is 0.435 e. The normalized spacial score (nSPS) is 13.8. The number of aromatic amines is 1. The number of halogens is 3. The number of rotatable bonds is 7. The minimum Gasteiger partial charge on any atom is -0.480 e. The van der Waals surface area contributed by atoms with Gasteiger partial charge in [-0.1, -0.05) is 31.2 Å². The summed E-state index contributed by atoms with van der Waals surface area (Å²) in [7, 11) is 1.56. The number of aromatic nitrogens is 8. The van der Waals surface area contributed by atoms with Gasteiger partial charge >= 0.3 is 6.18 Å². The third kappa shape index (κ3) is 4.49. The number of nitrogens with zero attached hydrogens (tertiary/aromatic N) is 7. The van der Waals surface area contributed by atoms with Gasteiger partial charge in [0.25, 0.3) is 0 Å². The van der Waals surface area contributed by atoms with Crippen LogP contribution in [-0.4, -0.2) is 46.8 Å². The van der Waals surface area contributed by atoms with Crippen molar-refractivity contribution in [3.05, 3.63) is 65.3 Å². The molecule has 0 radical (unpaired) electrons. The number of nitrogens with one attached hydrogen (secondary N) is 1. The molecule has 1 aliphatic carbocycles. The van der Waals surface area contributed by atoms with Crippen molar-refractivity contribution in [1.29, 1.82) is 0 Å². The van der Waals surface area contributed by atoms with Crippen LogP contribution in [0.5, 0.6) is 5.88 Å². The highest BCUT2D eigenvalue weighted by atomic mass is 19.4. The Kier molecular flexibility index (Phi) is 6.04. The van der Waals surface area contributed by atoms with Crippen LogP contribution in [0.1, 0.15) is 54.2 Å². The van der Waals surface area contributed by atoms with E-state index in [0.29, 0.717) is 58.6 Å². The first kappa shape index (κ1) is 25.0. The van der Waals surface area contributed by atoms with Crippen LogP contribution in [0.2, 0.25) is 0 Å². The lowest BCUT2D eigenvalue weighted by Crippen LogP contribution is -2.08. The summed E-state index contributed by atoms with van der Waals surface area (Å²) in [5, 5.41) is 5.93. The Morgan fingerprint density at radius 3 is 2.49 bits per heavy atom. The van der Waals surface area contributed by atoms with Crippen molar-refractivity contribution in [1.82, 2.24) is 39.7 Å². The van der Waals surface area contributed by atoms with Gasteiger partial charge in [-0.2, -0.15) is 18.3 Å². The second-order valence-electron chi connectivity index (χ2n) is 9.55. The SMILES string of the molecule is CCc1nc2cnc(-c3c(OC)ncnc3C3CC3)nc2n1Cc1ccc(-c2c(C(F)(F)F)n[nH]c2C)cc1. The Balaban J connectivity index is 1.39. The second-order valence-corrected chi connectivity index (χ2v) is 9.55. The number of fused-ring (bicyclic) bond motifs is 1. The van der Waals surface area contributed by atoms with Crippen LogP contribution >= 0.6 is 0 Å². The zero-order valence-corrected chi connectivity index (χ0v) is 21.5. The van der Waals surface area contributed by atoms with Gasteiger partial charge in [-0.15, -0.1) is 0 Å². The van der Waals surface area contributed by atoms with Gasteiger partial charge in [0.15, 0.2) is 17.2 Å². The predicted molar refractivity (Wildman–Crippen MR) is 137 cm³/mol. The summed E-state index contributed by atoms with van der Waals surface area (Å²) in [6, 6.07) is 6.99. The van der Waals surface area contributed by atoms with Crippen LogP contribution in [0, 0.1) is 6.92 Å². The monoisotopic (exact) mass is 534 g/mol. The highest BCUT2D eigenvalue weighted by Crippen LogP contribution is 2.45. The number of alkyl halides is 3. The summed E-state index contributed by atoms with van der Waals surface area (Å²) in [6.45, 7) is 4.02. The van der Waals surface area contributed by atoms with Crippen molar-refractivity contribution in [2.24, 2.45) is 0 Å². The molecule has 6 rings (SSSR count). The Hall–Kier alpha value is -4.35. The molecule has 200 valence electrons. The third-order valence-corrected chi connectivity index (χ3v) is 6.90. The van der Waals surface area contributed by atoms with Gasteiger partial charge in [-0.3, -0.25) is 5.10 Å². The zero-order chi connectivity index (χ0) is 27.3. The van der Waals surface area contributed by atoms with Crippen LogP contribution in [0.4, 0.5) is 13.2 Å². The molecular weight excluding hydrogens is 509 g/mol. The predicted octanol–water partition coefficient (Wildman–Crippen LogP) is 5.50. The lowest BCUT2D eigenvalue weighted by molar-refractivity contribution is -0.140. The lowest BCUT2D eigenvalue weighted by Gasteiger charge is -2.12. The molecule has 39 heavy (non-hydrogen) atoms. The summed E-state index contributed by atoms with van der Waals surface area (Å²) in [6.07, 6.45) is 1.41. The highest BCUT2D eigenvalue weighted by Gasteiger charge is 2.38. The molecule has 4 heterocycles. The van der Waals surface area contributed by atoms with Gasteiger partial charge < -0.3 is 9.30 Å². The number of hydrogen-bond acceptors (Lipinski definition) is 7. The van der Waals surface area contributed by atoms with Crippen molar-refractivity contribution in [3.8, 4) is 28.4 Å². The quantitative estimate of drug-likeness (QED) is 0.294. The van der Waals surface area contributed by atoms with E-state index in [2.05, 4.69) is 25.1 Å². The maximum absolute atomic E-state index is 13.5. The van der Waals surface area contributed by atoms with Crippen molar-refractivity contribution in [2.45, 2.75) is 51.7 Å². The fraction of sp³-hybridized carbons (Fsp3) is 0.333. The second kappa shape index (κ2) is 9.44. The van der Waals surface area contributed by atoms with E-state index >= 15 is 0 Å². The Labute approximate surface area is 221 Å². The van der Waals surface area contributed by atoms with E-state index in [1.54, 1.807) is 32.4 Å². The fourth-order valence-electron chi connectivity index (χ4n) is 4.88. The van der Waals surface area contributed by atoms with Gasteiger partial charge in [0, 0.05) is 23.6 Å². The molecule has 5 aromatic rings. The minimum atomic E-state index is -4.55. The molecular formula is C27H25F3N8O. The largest absolute Gasteiger partial charge is 0.480 e. The van der Waals surface area contributed by atoms with Gasteiger partial charge in [0.1, 0.15) is 23.2 Å². The lowest BCUT2D eigenvalue weighted by atomic mass is 10.0. The van der Waals surface area contributed by atoms with E-state index in [9.17, 15) is 13.2 Å². The van der Waals surface area contributed by atoms with Crippen molar-refractivity contribution in [2.75, 3.05) is 7.11 Å². The number of H-pyrrole nitrogens is 1. The van der Waals surface area contributed by atoms with Crippen LogP contribution in [-0.2, 0) is 19.1 Å². The van der Waals surface area contributed by atoms with Crippen LogP contribution in [0.3, 0.4) is 0 Å². The van der Waals surface area contributed by atoms with Crippen LogP contribution < -0.4 is 4.74 Å². The number of methoxy groups -OCH3 is 1. The van der Waals surface area contributed by atoms with Crippen molar-refractivity contribution >= 4 is 11.2 Å². The van der Waals surface area contributed by atoms with Gasteiger partial charge in [0.05, 0.1) is 25.5 Å². The first-order valence-electron chi connectivity index (χ1n) is 12.6. The Morgan fingerprint density at radius 1 is 1.05 bits per heavy atom. The van der Waals surface area contributed by atoms with Gasteiger partial charge in [-0.05, 0) is 30.9 Å². The first-order valence-corrected chi connectivity index (χ1v) is 12.6. The highest BCUT2D eigenvalue weighted by molar-refractivity contribution is 5.76. The third-order valence-electron chi connectivity index (χ3n) is 6.90. The molecule has 0 saturated heterocycles. The molecule has 0 bridgehead atoms. The van der Waals surface area contributed by atoms with Gasteiger partial charge in [0.2, 0.25) is 5.88 Å². The number of aryl methyl sites for hydroxylation is 2. The van der Waals surface area contributed by atoms with E-state index in [1.807, 2.05) is 23.6 Å². The minimum absolute atomic E-state index is 0.0549. The molecule has 1 aliphatic rings. The molecule has 1 aromatic carbocycles. The van der Waals surface area contributed by atoms with E-state index in [1.165, 1.54) is 6.33 Å². The van der Waals surface area contributed by atoms with Gasteiger partial charge in [-0.25, -0.2) is 24.9 Å². The molecule has 1 fully saturated rings. The molecule has 0 amide bonds. The smallest absolute Gasteiger partial charge is 0.435 e. The molecule has 0 atom stereocenters. The molecule has 0 unspecified atom stereocenters. The number of ether oxygens (including phenoxy) is 1. The molecule has 4 aromatic heterocycles. The standard InChI is InChI=1S/C27H25F3N8O/c1-4-19-34-18-11-31-24(21-22(17-9-10-17)32-13-33-26(21)39-3)35-25(18)38(19)12-15-5-7-16(8-6-15)20-14(2)36-37-23(20)27(28,29)30/h5-8,11,13,17H,4,9-10,12H2,1-3H3,(H,36,37). The van der Waals surface area contributed by atoms with E-state index in [0.717, 1.165) is 29.9 Å². The van der Waals surface area contributed by atoms with E-state index in [4.69, 9.17) is 14.7 Å². The average molecular weight is 535 g/mol. The molecule has 12 heteroatoms. The number of hydrogen-bond donors (Lipinski definition) is 1. The number of imidazole rings is 1. The molecule has 1 saturated carbocycles. The van der Waals surface area contributed by atoms with Crippen LogP contribution in [0.25, 0.3) is 33.7 Å². The summed E-state index contributed by atoms with van der Waals surface area (Å²) in [5.41, 5.74) is 3.70. The summed E-state index contributed by atoms with van der Waals surface area (Å²) < 4.78 is 47.9. The first-order chi connectivity index (χ1) is 18.8. The van der Waals surface area contributed by atoms with Crippen LogP contribution in [0.15, 0.2) is 36.8 Å². The molecule has 9 nitrogen and oxygen atoms in total. The Bertz CT molecular complexity index is 1670. The molecule has 0 aliphatic heterocycles. The van der Waals surface area contributed by atoms with Crippen molar-refractivity contribution in [3.63, 3.8) is 0 Å². The van der Waals surface area contributed by atoms with E-state index in [-0.39, 0.29) is 5.56 Å². The average Bonchev–Trinajstić information content (AvgIpc) is 3.62.